The van der Waals surface area contributed by atoms with Crippen molar-refractivity contribution in [3.05, 3.63) is 60.3 Å². The van der Waals surface area contributed by atoms with E-state index in [1.54, 1.807) is 12.3 Å². The van der Waals surface area contributed by atoms with Crippen molar-refractivity contribution in [1.82, 2.24) is 15.2 Å². The summed E-state index contributed by atoms with van der Waals surface area (Å²) in [5, 5.41) is 5.85. The van der Waals surface area contributed by atoms with Gasteiger partial charge in [-0.05, 0) is 29.5 Å². The molecule has 2 fully saturated rings. The van der Waals surface area contributed by atoms with Crippen LogP contribution in [0.1, 0.15) is 5.56 Å². The number of pyridine rings is 1. The average Bonchev–Trinajstić information content (AvgIpc) is 3.01. The van der Waals surface area contributed by atoms with Gasteiger partial charge in [0.1, 0.15) is 5.82 Å². The predicted molar refractivity (Wildman–Crippen MR) is 88.9 cm³/mol. The van der Waals surface area contributed by atoms with E-state index in [1.165, 1.54) is 5.56 Å². The van der Waals surface area contributed by atoms with Crippen LogP contribution in [0.25, 0.3) is 0 Å². The summed E-state index contributed by atoms with van der Waals surface area (Å²) in [6, 6.07) is 16.2. The first-order valence-electron chi connectivity index (χ1n) is 8.04. The lowest BCUT2D eigenvalue weighted by molar-refractivity contribution is 0.245. The number of piperidine rings is 1. The Labute approximate surface area is 135 Å². The maximum Gasteiger partial charge on any atom is 0.320 e. The maximum absolute atomic E-state index is 12.0. The van der Waals surface area contributed by atoms with E-state index in [4.69, 9.17) is 0 Å². The normalized spacial score (nSPS) is 25.7. The molecule has 4 rings (SSSR count). The second kappa shape index (κ2) is 6.01. The third kappa shape index (κ3) is 3.19. The number of nitrogens with one attached hydrogen (secondary N) is 2. The van der Waals surface area contributed by atoms with Crippen LogP contribution in [-0.2, 0) is 6.54 Å². The third-order valence-corrected chi connectivity index (χ3v) is 4.72. The molecule has 5 heteroatoms. The SMILES string of the molecule is O=C(Nc1ccccn1)NC1[C@@H]2CN(Cc3ccccc3)C[C@@H]12. The van der Waals surface area contributed by atoms with Gasteiger partial charge < -0.3 is 5.32 Å². The van der Waals surface area contributed by atoms with Crippen molar-refractivity contribution in [1.29, 1.82) is 0 Å². The highest BCUT2D eigenvalue weighted by Crippen LogP contribution is 2.45. The van der Waals surface area contributed by atoms with Gasteiger partial charge in [0.25, 0.3) is 0 Å². The maximum atomic E-state index is 12.0. The number of carbonyl (C=O) groups excluding carboxylic acids is 1. The van der Waals surface area contributed by atoms with Gasteiger partial charge in [-0.2, -0.15) is 0 Å². The van der Waals surface area contributed by atoms with Crippen LogP contribution in [0.2, 0.25) is 0 Å². The zero-order valence-corrected chi connectivity index (χ0v) is 12.9. The highest BCUT2D eigenvalue weighted by Gasteiger charge is 2.56. The van der Waals surface area contributed by atoms with Crippen molar-refractivity contribution in [2.75, 3.05) is 18.4 Å². The van der Waals surface area contributed by atoms with Gasteiger partial charge in [-0.3, -0.25) is 10.2 Å². The van der Waals surface area contributed by atoms with Crippen LogP contribution in [0.3, 0.4) is 0 Å². The van der Waals surface area contributed by atoms with Gasteiger partial charge in [0.05, 0.1) is 0 Å². The Morgan fingerprint density at radius 1 is 1.09 bits per heavy atom. The van der Waals surface area contributed by atoms with E-state index in [0.717, 1.165) is 19.6 Å². The van der Waals surface area contributed by atoms with Crippen LogP contribution >= 0.6 is 0 Å². The lowest BCUT2D eigenvalue weighted by atomic mass is 10.2. The number of rotatable bonds is 4. The third-order valence-electron chi connectivity index (χ3n) is 4.72. The van der Waals surface area contributed by atoms with Crippen LogP contribution in [0.4, 0.5) is 10.6 Å². The summed E-state index contributed by atoms with van der Waals surface area (Å²) in [5.41, 5.74) is 1.35. The number of likely N-dealkylation sites (tertiary alicyclic amines) is 1. The fourth-order valence-electron chi connectivity index (χ4n) is 3.54. The topological polar surface area (TPSA) is 57.3 Å². The molecule has 2 N–H and O–H groups in total. The minimum Gasteiger partial charge on any atom is -0.334 e. The van der Waals surface area contributed by atoms with Gasteiger partial charge in [-0.15, -0.1) is 0 Å². The number of benzene rings is 1. The van der Waals surface area contributed by atoms with Crippen LogP contribution < -0.4 is 10.6 Å². The van der Waals surface area contributed by atoms with E-state index in [9.17, 15) is 4.79 Å². The first-order chi connectivity index (χ1) is 11.3. The molecular formula is C18H20N4O. The minimum atomic E-state index is -0.155. The highest BCUT2D eigenvalue weighted by atomic mass is 16.2. The Balaban J connectivity index is 1.24. The number of nitrogens with zero attached hydrogens (tertiary/aromatic N) is 2. The summed E-state index contributed by atoms with van der Waals surface area (Å²) in [5.74, 6) is 1.77. The molecule has 2 aromatic rings. The van der Waals surface area contributed by atoms with Crippen LogP contribution in [-0.4, -0.2) is 35.0 Å². The molecule has 1 saturated heterocycles. The molecule has 23 heavy (non-hydrogen) atoms. The van der Waals surface area contributed by atoms with Gasteiger partial charge in [-0.1, -0.05) is 36.4 Å². The Kier molecular flexibility index (Phi) is 3.71. The fraction of sp³-hybridized carbons (Fsp3) is 0.333. The molecule has 1 aromatic heterocycles. The molecule has 2 amide bonds. The van der Waals surface area contributed by atoms with Crippen molar-refractivity contribution in [3.63, 3.8) is 0 Å². The van der Waals surface area contributed by atoms with Gasteiger partial charge in [-0.25, -0.2) is 9.78 Å². The Hall–Kier alpha value is -2.40. The number of amides is 2. The first-order valence-corrected chi connectivity index (χ1v) is 8.04. The molecule has 0 unspecified atom stereocenters. The Morgan fingerprint density at radius 2 is 1.83 bits per heavy atom. The zero-order chi connectivity index (χ0) is 15.6. The number of urea groups is 1. The van der Waals surface area contributed by atoms with E-state index in [-0.39, 0.29) is 6.03 Å². The van der Waals surface area contributed by atoms with Crippen LogP contribution in [0.15, 0.2) is 54.7 Å². The Bertz CT molecular complexity index is 664. The Morgan fingerprint density at radius 3 is 2.52 bits per heavy atom. The van der Waals surface area contributed by atoms with Crippen LogP contribution in [0, 0.1) is 11.8 Å². The molecule has 1 aromatic carbocycles. The standard InChI is InChI=1S/C18H20N4O/c23-18(20-16-8-4-5-9-19-16)21-17-14-11-22(12-15(14)17)10-13-6-2-1-3-7-13/h1-9,14-15,17H,10-12H2,(H2,19,20,21,23)/t14-,15-/m1/s1. The molecule has 2 atom stereocenters. The second-order valence-electron chi connectivity index (χ2n) is 6.35. The summed E-state index contributed by atoms with van der Waals surface area (Å²) in [7, 11) is 0. The van der Waals surface area contributed by atoms with Gasteiger partial charge in [0.15, 0.2) is 0 Å². The fourth-order valence-corrected chi connectivity index (χ4v) is 3.54. The zero-order valence-electron chi connectivity index (χ0n) is 12.9. The average molecular weight is 308 g/mol. The first kappa shape index (κ1) is 14.2. The largest absolute Gasteiger partial charge is 0.334 e. The van der Waals surface area contributed by atoms with Gasteiger partial charge in [0, 0.05) is 31.9 Å². The number of carbonyl (C=O) groups is 1. The van der Waals surface area contributed by atoms with Gasteiger partial charge >= 0.3 is 6.03 Å². The summed E-state index contributed by atoms with van der Waals surface area (Å²) in [6.45, 7) is 3.13. The minimum absolute atomic E-state index is 0.155. The molecule has 1 aliphatic carbocycles. The number of hydrogen-bond acceptors (Lipinski definition) is 3. The van der Waals surface area contributed by atoms with Gasteiger partial charge in [0.2, 0.25) is 0 Å². The summed E-state index contributed by atoms with van der Waals surface area (Å²) in [4.78, 5) is 18.6. The molecule has 0 radical (unpaired) electrons. The monoisotopic (exact) mass is 308 g/mol. The molecule has 0 bridgehead atoms. The molecule has 1 saturated carbocycles. The predicted octanol–water partition coefficient (Wildman–Crippen LogP) is 2.33. The van der Waals surface area contributed by atoms with E-state index in [1.807, 2.05) is 18.2 Å². The second-order valence-corrected chi connectivity index (χ2v) is 6.35. The van der Waals surface area contributed by atoms with Crippen molar-refractivity contribution >= 4 is 11.8 Å². The summed E-state index contributed by atoms with van der Waals surface area (Å²) < 4.78 is 0. The quantitative estimate of drug-likeness (QED) is 0.911. The lowest BCUT2D eigenvalue weighted by Gasteiger charge is -2.20. The highest BCUT2D eigenvalue weighted by molar-refractivity contribution is 5.88. The molecule has 1 aliphatic heterocycles. The van der Waals surface area contributed by atoms with E-state index in [2.05, 4.69) is 44.8 Å². The van der Waals surface area contributed by atoms with Crippen molar-refractivity contribution in [2.45, 2.75) is 12.6 Å². The number of aromatic nitrogens is 1. The van der Waals surface area contributed by atoms with E-state index < -0.39 is 0 Å². The molecule has 5 nitrogen and oxygen atoms in total. The molecule has 0 spiro atoms. The van der Waals surface area contributed by atoms with Crippen molar-refractivity contribution in [3.8, 4) is 0 Å². The van der Waals surface area contributed by atoms with E-state index in [0.29, 0.717) is 23.7 Å². The molecule has 2 aliphatic rings. The van der Waals surface area contributed by atoms with Crippen molar-refractivity contribution < 1.29 is 4.79 Å². The van der Waals surface area contributed by atoms with Crippen molar-refractivity contribution in [2.24, 2.45) is 11.8 Å². The molecular weight excluding hydrogens is 288 g/mol. The number of anilines is 1. The summed E-state index contributed by atoms with van der Waals surface area (Å²) >= 11 is 0. The number of hydrogen-bond donors (Lipinski definition) is 2. The smallest absolute Gasteiger partial charge is 0.320 e. The summed E-state index contributed by atoms with van der Waals surface area (Å²) in [6.07, 6.45) is 1.67. The van der Waals surface area contributed by atoms with E-state index >= 15 is 0 Å². The number of fused-ring (bicyclic) bond motifs is 1. The molecule has 2 heterocycles. The molecule has 118 valence electrons. The lowest BCUT2D eigenvalue weighted by Crippen LogP contribution is -2.37. The van der Waals surface area contributed by atoms with Crippen LogP contribution in [0.5, 0.6) is 0 Å².